The Morgan fingerprint density at radius 1 is 1.09 bits per heavy atom. The number of nitrogens with zero attached hydrogens (tertiary/aromatic N) is 1. The quantitative estimate of drug-likeness (QED) is 0.508. The van der Waals surface area contributed by atoms with E-state index in [1.165, 1.54) is 0 Å². The number of pyridine rings is 1. The third-order valence-corrected chi connectivity index (χ3v) is 6.06. The van der Waals surface area contributed by atoms with Crippen molar-refractivity contribution in [3.63, 3.8) is 0 Å². The van der Waals surface area contributed by atoms with Gasteiger partial charge in [-0.05, 0) is 54.9 Å². The Labute approximate surface area is 192 Å². The van der Waals surface area contributed by atoms with Gasteiger partial charge >= 0.3 is 0 Å². The highest BCUT2D eigenvalue weighted by Gasteiger charge is 2.38. The summed E-state index contributed by atoms with van der Waals surface area (Å²) in [5.74, 6) is 2.04. The van der Waals surface area contributed by atoms with Crippen molar-refractivity contribution in [3.05, 3.63) is 54.4 Å². The number of aliphatic hydroxyl groups is 2. The molecule has 1 aliphatic rings. The molecule has 7 nitrogen and oxygen atoms in total. The smallest absolute Gasteiger partial charge is 0.228 e. The molecule has 1 aromatic heterocycles. The number of aliphatic hydroxyl groups excluding tert-OH is 2. The van der Waals surface area contributed by atoms with Gasteiger partial charge in [0.05, 0.1) is 19.3 Å². The number of aromatic nitrogens is 1. The third-order valence-electron chi connectivity index (χ3n) is 4.60. The molecule has 0 aliphatic carbocycles. The first-order valence-electron chi connectivity index (χ1n) is 10.9. The summed E-state index contributed by atoms with van der Waals surface area (Å²) in [6, 6.07) is 12.5. The van der Waals surface area contributed by atoms with Gasteiger partial charge in [0.1, 0.15) is 17.6 Å². The predicted molar refractivity (Wildman–Crippen MR) is 126 cm³/mol. The third kappa shape index (κ3) is 9.39. The maximum Gasteiger partial charge on any atom is 0.228 e. The van der Waals surface area contributed by atoms with Gasteiger partial charge in [-0.25, -0.2) is 0 Å². The van der Waals surface area contributed by atoms with Crippen LogP contribution >= 0.6 is 8.15 Å². The molecule has 0 amide bonds. The van der Waals surface area contributed by atoms with Crippen molar-refractivity contribution in [3.8, 4) is 11.5 Å². The van der Waals surface area contributed by atoms with Crippen LogP contribution in [0.1, 0.15) is 39.3 Å². The van der Waals surface area contributed by atoms with E-state index in [0.717, 1.165) is 11.6 Å². The zero-order chi connectivity index (χ0) is 23.5. The molecule has 2 heterocycles. The van der Waals surface area contributed by atoms with Crippen LogP contribution < -0.4 is 9.47 Å². The Morgan fingerprint density at radius 3 is 2.34 bits per heavy atom. The normalized spacial score (nSPS) is 23.8. The molecular weight excluding hydrogens is 429 g/mol. The van der Waals surface area contributed by atoms with Crippen molar-refractivity contribution < 1.29 is 29.3 Å². The number of rotatable bonds is 8. The second kappa shape index (κ2) is 13.7. The van der Waals surface area contributed by atoms with Crippen LogP contribution in [0.3, 0.4) is 0 Å². The lowest BCUT2D eigenvalue weighted by Gasteiger charge is -2.37. The number of hydrogen-bond acceptors (Lipinski definition) is 7. The molecular formula is C24H36NO6P. The highest BCUT2D eigenvalue weighted by molar-refractivity contribution is 7.50. The minimum absolute atomic E-state index is 0.302. The van der Waals surface area contributed by atoms with Gasteiger partial charge in [0, 0.05) is 32.6 Å². The Kier molecular flexibility index (Phi) is 11.4. The lowest BCUT2D eigenvalue weighted by molar-refractivity contribution is -0.235. The monoisotopic (exact) mass is 465 g/mol. The zero-order valence-electron chi connectivity index (χ0n) is 19.3. The molecule has 1 aliphatic heterocycles. The lowest BCUT2D eigenvalue weighted by atomic mass is 10.0. The van der Waals surface area contributed by atoms with Gasteiger partial charge in [-0.15, -0.1) is 0 Å². The number of methoxy groups -OCH3 is 1. The summed E-state index contributed by atoms with van der Waals surface area (Å²) in [6.07, 6.45) is 0.323. The zero-order valence-corrected chi connectivity index (χ0v) is 20.2. The Balaban J connectivity index is 0.000000837. The Morgan fingerprint density at radius 2 is 1.75 bits per heavy atom. The molecule has 3 rings (SSSR count). The molecule has 3 N–H and O–H groups in total. The summed E-state index contributed by atoms with van der Waals surface area (Å²) in [5, 5.41) is 20.4. The van der Waals surface area contributed by atoms with Crippen LogP contribution in [0.2, 0.25) is 0 Å². The lowest BCUT2D eigenvalue weighted by Crippen LogP contribution is -2.51. The first-order chi connectivity index (χ1) is 15.3. The van der Waals surface area contributed by atoms with E-state index < -0.39 is 26.6 Å². The van der Waals surface area contributed by atoms with Crippen LogP contribution in [0.5, 0.6) is 11.5 Å². The molecule has 1 fully saturated rings. The maximum atomic E-state index is 10.3. The van der Waals surface area contributed by atoms with E-state index in [1.54, 1.807) is 37.6 Å². The fourth-order valence-electron chi connectivity index (χ4n) is 3.04. The second-order valence-corrected chi connectivity index (χ2v) is 10.2. The largest absolute Gasteiger partial charge is 0.497 e. The minimum atomic E-state index is -1.22. The van der Waals surface area contributed by atoms with Crippen LogP contribution in [0.25, 0.3) is 0 Å². The fraction of sp³-hybridized carbons (Fsp3) is 0.542. The predicted octanol–water partition coefficient (Wildman–Crippen LogP) is 3.95. The van der Waals surface area contributed by atoms with E-state index in [0.29, 0.717) is 36.7 Å². The van der Waals surface area contributed by atoms with E-state index in [4.69, 9.17) is 14.2 Å². The first kappa shape index (κ1) is 26.5. The summed E-state index contributed by atoms with van der Waals surface area (Å²) in [7, 11) is 0.362. The Bertz CT molecular complexity index is 758. The molecule has 178 valence electrons. The number of hydrogen-bond donors (Lipinski definition) is 3. The molecule has 0 bridgehead atoms. The topological polar surface area (TPSA) is 101 Å². The van der Waals surface area contributed by atoms with E-state index in [-0.39, 0.29) is 6.10 Å². The summed E-state index contributed by atoms with van der Waals surface area (Å²) >= 11 is 0. The SMILES string of the molecule is CC(C)C.COc1ccc(OC2OC(CCP(O)Cc3ccccn3)CC(O)C2O)cc1. The fourth-order valence-corrected chi connectivity index (χ4v) is 4.34. The van der Waals surface area contributed by atoms with Crippen molar-refractivity contribution in [2.45, 2.75) is 64.4 Å². The van der Waals surface area contributed by atoms with Crippen LogP contribution in [0, 0.1) is 5.92 Å². The minimum Gasteiger partial charge on any atom is -0.497 e. The molecule has 32 heavy (non-hydrogen) atoms. The average Bonchev–Trinajstić information content (AvgIpc) is 2.76. The molecule has 8 heteroatoms. The molecule has 1 aromatic carbocycles. The standard InChI is InChI=1S/C20H26NO6P.C4H10/c1-25-15-5-7-16(8-6-15)26-20-19(23)18(22)12-17(27-20)9-11-28(24)13-14-4-2-3-10-21-14;1-4(2)3/h2-8,10,17-20,22-24H,9,11-13H2,1H3;4H,1-3H3. The molecule has 0 spiro atoms. The van der Waals surface area contributed by atoms with Crippen molar-refractivity contribution in [2.75, 3.05) is 13.3 Å². The first-order valence-corrected chi connectivity index (χ1v) is 12.6. The number of benzene rings is 1. The van der Waals surface area contributed by atoms with Gasteiger partial charge in [0.15, 0.2) is 0 Å². The van der Waals surface area contributed by atoms with Crippen LogP contribution in [0.4, 0.5) is 0 Å². The van der Waals surface area contributed by atoms with E-state index in [2.05, 4.69) is 25.8 Å². The van der Waals surface area contributed by atoms with Gasteiger partial charge in [-0.2, -0.15) is 0 Å². The van der Waals surface area contributed by atoms with Crippen molar-refractivity contribution in [2.24, 2.45) is 5.92 Å². The highest BCUT2D eigenvalue weighted by atomic mass is 31.1. The van der Waals surface area contributed by atoms with Gasteiger partial charge < -0.3 is 29.3 Å². The summed E-state index contributed by atoms with van der Waals surface area (Å²) in [4.78, 5) is 14.5. The van der Waals surface area contributed by atoms with E-state index in [1.807, 2.05) is 18.2 Å². The molecule has 5 unspecified atom stereocenters. The van der Waals surface area contributed by atoms with Gasteiger partial charge in [0.25, 0.3) is 0 Å². The second-order valence-electron chi connectivity index (χ2n) is 8.44. The van der Waals surface area contributed by atoms with Crippen molar-refractivity contribution in [1.82, 2.24) is 4.98 Å². The van der Waals surface area contributed by atoms with Gasteiger partial charge in [0.2, 0.25) is 6.29 Å². The maximum absolute atomic E-state index is 10.3. The highest BCUT2D eigenvalue weighted by Crippen LogP contribution is 2.37. The van der Waals surface area contributed by atoms with Gasteiger partial charge in [-0.3, -0.25) is 4.98 Å². The average molecular weight is 466 g/mol. The summed E-state index contributed by atoms with van der Waals surface area (Å²) in [5.41, 5.74) is 0.858. The van der Waals surface area contributed by atoms with Crippen molar-refractivity contribution >= 4 is 8.15 Å². The molecule has 2 aromatic rings. The van der Waals surface area contributed by atoms with Crippen LogP contribution in [-0.2, 0) is 10.9 Å². The molecule has 5 atom stereocenters. The van der Waals surface area contributed by atoms with Crippen molar-refractivity contribution in [1.29, 1.82) is 0 Å². The molecule has 1 saturated heterocycles. The van der Waals surface area contributed by atoms with Crippen LogP contribution in [0.15, 0.2) is 48.7 Å². The molecule has 0 saturated carbocycles. The van der Waals surface area contributed by atoms with E-state index in [9.17, 15) is 15.1 Å². The van der Waals surface area contributed by atoms with E-state index >= 15 is 0 Å². The summed E-state index contributed by atoms with van der Waals surface area (Å²) < 4.78 is 16.7. The summed E-state index contributed by atoms with van der Waals surface area (Å²) in [6.45, 7) is 6.50. The van der Waals surface area contributed by atoms with Crippen LogP contribution in [-0.4, -0.2) is 58.0 Å². The Hall–Kier alpha value is -1.76. The van der Waals surface area contributed by atoms with Gasteiger partial charge in [-0.1, -0.05) is 26.8 Å². The molecule has 0 radical (unpaired) electrons. The number of ether oxygens (including phenoxy) is 3.